The van der Waals surface area contributed by atoms with Gasteiger partial charge >= 0.3 is 29.9 Å². The number of benzene rings is 1. The molecule has 1 aromatic carbocycles. The number of carbonyl (C=O) groups is 1. The van der Waals surface area contributed by atoms with Crippen molar-refractivity contribution in [3.8, 4) is 0 Å². The normalized spacial score (nSPS) is 13.9. The highest BCUT2D eigenvalue weighted by Crippen LogP contribution is 2.58. The van der Waals surface area contributed by atoms with Crippen LogP contribution in [0.25, 0.3) is 10.9 Å². The number of H-pyrrole nitrogens is 1. The van der Waals surface area contributed by atoms with Crippen molar-refractivity contribution in [3.63, 3.8) is 0 Å². The molecule has 2 rings (SSSR count). The molecule has 0 atom stereocenters. The van der Waals surface area contributed by atoms with E-state index in [1.54, 1.807) is 0 Å². The second kappa shape index (κ2) is 6.34. The summed E-state index contributed by atoms with van der Waals surface area (Å²) in [7, 11) is 0. The first-order valence-electron chi connectivity index (χ1n) is 7.18. The fourth-order valence-electron chi connectivity index (χ4n) is 2.36. The Kier molecular flexibility index (Phi) is 4.91. The summed E-state index contributed by atoms with van der Waals surface area (Å²) in [5, 5.41) is -0.830. The van der Waals surface area contributed by atoms with Gasteiger partial charge in [0.1, 0.15) is 5.69 Å². The molecule has 0 amide bonds. The molecule has 0 bridgehead atoms. The first-order valence-corrected chi connectivity index (χ1v) is 7.18. The zero-order valence-corrected chi connectivity index (χ0v) is 13.2. The summed E-state index contributed by atoms with van der Waals surface area (Å²) in [6, 6.07) is 4.08. The Morgan fingerprint density at radius 3 is 2.04 bits per heavy atom. The summed E-state index contributed by atoms with van der Waals surface area (Å²) < 4.78 is 124. The minimum Gasteiger partial charge on any atom is -0.461 e. The van der Waals surface area contributed by atoms with Gasteiger partial charge in [0.2, 0.25) is 0 Å². The lowest BCUT2D eigenvalue weighted by Gasteiger charge is -2.33. The molecule has 0 saturated heterocycles. The van der Waals surface area contributed by atoms with Crippen LogP contribution in [0.4, 0.5) is 39.5 Å². The van der Waals surface area contributed by atoms with Crippen molar-refractivity contribution < 1.29 is 49.0 Å². The van der Waals surface area contributed by atoms with Crippen molar-refractivity contribution in [2.45, 2.75) is 30.9 Å². The van der Waals surface area contributed by atoms with E-state index in [1.165, 1.54) is 13.0 Å². The third-order valence-corrected chi connectivity index (χ3v) is 3.64. The fourth-order valence-corrected chi connectivity index (χ4v) is 2.36. The van der Waals surface area contributed by atoms with Gasteiger partial charge < -0.3 is 9.72 Å². The average molecular weight is 407 g/mol. The molecule has 1 N–H and O–H groups in total. The third-order valence-electron chi connectivity index (χ3n) is 3.64. The van der Waals surface area contributed by atoms with Gasteiger partial charge in [-0.05, 0) is 13.0 Å². The number of carbonyl (C=O) groups excluding carboxylic acids is 1. The number of aromatic amines is 1. The zero-order valence-electron chi connectivity index (χ0n) is 13.2. The number of alkyl halides is 9. The van der Waals surface area contributed by atoms with Crippen LogP contribution in [0, 0.1) is 0 Å². The molecule has 27 heavy (non-hydrogen) atoms. The minimum atomic E-state index is -7.08. The summed E-state index contributed by atoms with van der Waals surface area (Å²) in [6.45, 7) is 0.846. The molecule has 12 heteroatoms. The maximum Gasteiger partial charge on any atom is 0.460 e. The van der Waals surface area contributed by atoms with Crippen LogP contribution >= 0.6 is 0 Å². The van der Waals surface area contributed by atoms with Crippen molar-refractivity contribution in [2.24, 2.45) is 0 Å². The third kappa shape index (κ3) is 3.00. The number of fused-ring (bicyclic) bond motifs is 1. The van der Waals surface area contributed by atoms with E-state index in [4.69, 9.17) is 0 Å². The number of halogens is 9. The Bertz CT molecular complexity index is 855. The lowest BCUT2D eigenvalue weighted by Crippen LogP contribution is -2.59. The maximum atomic E-state index is 14.4. The average Bonchev–Trinajstić information content (AvgIpc) is 2.93. The first kappa shape index (κ1) is 20.9. The number of hydrogen-bond donors (Lipinski definition) is 1. The van der Waals surface area contributed by atoms with Gasteiger partial charge in [0.25, 0.3) is 0 Å². The maximum absolute atomic E-state index is 14.4. The Hall–Kier alpha value is -2.40. The number of para-hydroxylation sites is 1. The summed E-state index contributed by atoms with van der Waals surface area (Å²) >= 11 is 0. The minimum absolute atomic E-state index is 0.360. The zero-order chi connectivity index (χ0) is 20.8. The summed E-state index contributed by atoms with van der Waals surface area (Å²) in [4.78, 5) is 13.8. The highest BCUT2D eigenvalue weighted by atomic mass is 19.4. The second-order valence-electron chi connectivity index (χ2n) is 5.36. The van der Waals surface area contributed by atoms with E-state index in [0.717, 1.165) is 18.2 Å². The number of ether oxygens (including phenoxy) is 1. The van der Waals surface area contributed by atoms with Crippen LogP contribution in [0.3, 0.4) is 0 Å². The van der Waals surface area contributed by atoms with Gasteiger partial charge in [-0.3, -0.25) is 0 Å². The lowest BCUT2D eigenvalue weighted by molar-refractivity contribution is -0.399. The molecule has 0 spiro atoms. The highest BCUT2D eigenvalue weighted by Gasteiger charge is 2.82. The SMILES string of the molecule is CCOC(=O)c1[nH]c2ccccc2c1C(F)(F)C(F)(F)C(F)(F)C(F)(F)F. The predicted molar refractivity (Wildman–Crippen MR) is 74.1 cm³/mol. The molecule has 0 unspecified atom stereocenters. The van der Waals surface area contributed by atoms with Crippen molar-refractivity contribution in [3.05, 3.63) is 35.5 Å². The van der Waals surface area contributed by atoms with E-state index in [9.17, 15) is 44.3 Å². The van der Waals surface area contributed by atoms with Gasteiger partial charge in [0.15, 0.2) is 0 Å². The molecule has 0 aliphatic carbocycles. The van der Waals surface area contributed by atoms with Crippen LogP contribution in [0.2, 0.25) is 0 Å². The van der Waals surface area contributed by atoms with E-state index in [0.29, 0.717) is 0 Å². The van der Waals surface area contributed by atoms with Gasteiger partial charge in [0, 0.05) is 10.9 Å². The molecule has 0 aliphatic heterocycles. The smallest absolute Gasteiger partial charge is 0.460 e. The number of nitrogens with one attached hydrogen (secondary N) is 1. The quantitative estimate of drug-likeness (QED) is 0.542. The monoisotopic (exact) mass is 407 g/mol. The van der Waals surface area contributed by atoms with Gasteiger partial charge in [-0.1, -0.05) is 18.2 Å². The molecule has 150 valence electrons. The Morgan fingerprint density at radius 1 is 0.963 bits per heavy atom. The van der Waals surface area contributed by atoms with Crippen molar-refractivity contribution in [2.75, 3.05) is 6.61 Å². The van der Waals surface area contributed by atoms with Crippen LogP contribution in [-0.4, -0.2) is 35.6 Å². The lowest BCUT2D eigenvalue weighted by atomic mass is 9.94. The van der Waals surface area contributed by atoms with E-state index in [-0.39, 0.29) is 5.52 Å². The number of esters is 1. The number of rotatable bonds is 5. The van der Waals surface area contributed by atoms with Gasteiger partial charge in [-0.25, -0.2) is 4.79 Å². The van der Waals surface area contributed by atoms with Crippen LogP contribution in [0.5, 0.6) is 0 Å². The topological polar surface area (TPSA) is 42.1 Å². The van der Waals surface area contributed by atoms with E-state index in [1.807, 2.05) is 4.98 Å². The van der Waals surface area contributed by atoms with Crippen LogP contribution < -0.4 is 0 Å². The molecule has 0 aliphatic rings. The fraction of sp³-hybridized carbons (Fsp3) is 0.400. The molecule has 0 radical (unpaired) electrons. The van der Waals surface area contributed by atoms with Crippen LogP contribution in [-0.2, 0) is 10.7 Å². The van der Waals surface area contributed by atoms with Crippen LogP contribution in [0.15, 0.2) is 24.3 Å². The molecule has 3 nitrogen and oxygen atoms in total. The predicted octanol–water partition coefficient (Wildman–Crippen LogP) is 5.27. The Morgan fingerprint density at radius 2 is 1.52 bits per heavy atom. The summed E-state index contributed by atoms with van der Waals surface area (Å²) in [5.74, 6) is -21.7. The molecular weight excluding hydrogens is 397 g/mol. The summed E-state index contributed by atoms with van der Waals surface area (Å²) in [6.07, 6.45) is -6.96. The van der Waals surface area contributed by atoms with Gasteiger partial charge in [0.05, 0.1) is 12.2 Å². The van der Waals surface area contributed by atoms with E-state index in [2.05, 4.69) is 4.74 Å². The van der Waals surface area contributed by atoms with Crippen LogP contribution in [0.1, 0.15) is 23.0 Å². The first-order chi connectivity index (χ1) is 12.2. The standard InChI is InChI=1S/C15H10F9NO2/c1-2-27-11(26)10-9(7-5-3-4-6-8(7)25-10)12(16,17)13(18,19)14(20,21)15(22,23)24/h3-6,25H,2H2,1H3. The summed E-state index contributed by atoms with van der Waals surface area (Å²) in [5.41, 5.74) is -3.72. The van der Waals surface area contributed by atoms with Gasteiger partial charge in [-0.2, -0.15) is 39.5 Å². The molecule has 0 saturated carbocycles. The van der Waals surface area contributed by atoms with E-state index >= 15 is 0 Å². The number of hydrogen-bond acceptors (Lipinski definition) is 2. The largest absolute Gasteiger partial charge is 0.461 e. The molecule has 1 aromatic heterocycles. The molecular formula is C15H10F9NO2. The molecule has 2 aromatic rings. The number of aromatic nitrogens is 1. The van der Waals surface area contributed by atoms with E-state index < -0.39 is 53.2 Å². The van der Waals surface area contributed by atoms with Crippen molar-refractivity contribution >= 4 is 16.9 Å². The highest BCUT2D eigenvalue weighted by molar-refractivity contribution is 5.99. The Labute approximate surface area is 145 Å². The second-order valence-corrected chi connectivity index (χ2v) is 5.36. The van der Waals surface area contributed by atoms with Gasteiger partial charge in [-0.15, -0.1) is 0 Å². The van der Waals surface area contributed by atoms with Crippen molar-refractivity contribution in [1.29, 1.82) is 0 Å². The van der Waals surface area contributed by atoms with Crippen molar-refractivity contribution in [1.82, 2.24) is 4.98 Å². The Balaban J connectivity index is 2.80. The molecule has 0 fully saturated rings. The molecule has 1 heterocycles.